The van der Waals surface area contributed by atoms with Crippen LogP contribution in [0.3, 0.4) is 0 Å². The Balaban J connectivity index is 1.21. The van der Waals surface area contributed by atoms with Crippen molar-refractivity contribution in [2.45, 2.75) is 25.7 Å². The van der Waals surface area contributed by atoms with Gasteiger partial charge in [0, 0.05) is 37.6 Å². The molecule has 194 valence electrons. The first-order chi connectivity index (χ1) is 18.2. The van der Waals surface area contributed by atoms with Crippen molar-refractivity contribution in [3.63, 3.8) is 0 Å². The smallest absolute Gasteiger partial charge is 0.335 e. The Bertz CT molecular complexity index is 1630. The molecule has 0 aliphatic carbocycles. The number of carboxylic acids is 1. The van der Waals surface area contributed by atoms with Crippen molar-refractivity contribution in [1.82, 2.24) is 14.5 Å². The highest BCUT2D eigenvalue weighted by Crippen LogP contribution is 2.49. The van der Waals surface area contributed by atoms with Crippen LogP contribution in [0.25, 0.3) is 16.6 Å². The van der Waals surface area contributed by atoms with Gasteiger partial charge in [0.15, 0.2) is 11.5 Å². The van der Waals surface area contributed by atoms with Gasteiger partial charge in [-0.2, -0.15) is 0 Å². The van der Waals surface area contributed by atoms with E-state index in [0.717, 1.165) is 41.0 Å². The molecule has 7 nitrogen and oxygen atoms in total. The molecular weight excluding hydrogens is 509 g/mol. The minimum atomic E-state index is -1.30. The standard InChI is InChI=1S/C29H25ClFN3O4/c1-29(21-8-7-19(30)15-22(21)31)37-25-5-3-4-20(27(25)38-29)17-10-12-34(13-11-17)16-26-32-23-9-6-18(28(35)36)14-24(23)33(26)2/h3-10,14-15H,11-13,16H2,1-2H3,(H,35,36). The molecule has 1 atom stereocenters. The minimum absolute atomic E-state index is 0.245. The summed E-state index contributed by atoms with van der Waals surface area (Å²) in [6, 6.07) is 15.2. The average Bonchev–Trinajstić information content (AvgIpc) is 3.40. The molecule has 3 heterocycles. The van der Waals surface area contributed by atoms with Gasteiger partial charge in [-0.25, -0.2) is 14.2 Å². The van der Waals surface area contributed by atoms with Crippen LogP contribution in [-0.4, -0.2) is 38.6 Å². The van der Waals surface area contributed by atoms with Crippen LogP contribution in [0.5, 0.6) is 11.5 Å². The number of halogens is 2. The van der Waals surface area contributed by atoms with Gasteiger partial charge in [0.2, 0.25) is 0 Å². The number of carboxylic acid groups (broad SMARTS) is 1. The third kappa shape index (κ3) is 4.19. The van der Waals surface area contributed by atoms with Gasteiger partial charge < -0.3 is 19.1 Å². The molecule has 9 heteroatoms. The second-order valence-corrected chi connectivity index (χ2v) is 10.2. The molecular formula is C29H25ClFN3O4. The molecule has 0 amide bonds. The van der Waals surface area contributed by atoms with Crippen LogP contribution in [0.1, 0.15) is 40.7 Å². The molecule has 2 aliphatic rings. The first-order valence-electron chi connectivity index (χ1n) is 12.3. The van der Waals surface area contributed by atoms with Crippen molar-refractivity contribution in [2.75, 3.05) is 13.1 Å². The summed E-state index contributed by atoms with van der Waals surface area (Å²) in [7, 11) is 1.91. The van der Waals surface area contributed by atoms with E-state index < -0.39 is 17.6 Å². The number of aromatic carboxylic acids is 1. The highest BCUT2D eigenvalue weighted by Gasteiger charge is 2.42. The number of hydrogen-bond donors (Lipinski definition) is 1. The molecule has 1 unspecified atom stereocenters. The van der Waals surface area contributed by atoms with Crippen molar-refractivity contribution in [2.24, 2.45) is 7.05 Å². The zero-order valence-corrected chi connectivity index (χ0v) is 21.6. The number of aromatic nitrogens is 2. The lowest BCUT2D eigenvalue weighted by atomic mass is 9.98. The molecule has 4 aromatic rings. The van der Waals surface area contributed by atoms with E-state index in [1.165, 1.54) is 6.07 Å². The lowest BCUT2D eigenvalue weighted by Gasteiger charge is -2.27. The zero-order valence-electron chi connectivity index (χ0n) is 20.9. The highest BCUT2D eigenvalue weighted by atomic mass is 35.5. The number of rotatable bonds is 5. The van der Waals surface area contributed by atoms with E-state index in [1.54, 1.807) is 37.3 Å². The van der Waals surface area contributed by atoms with E-state index in [9.17, 15) is 14.3 Å². The number of para-hydroxylation sites is 1. The van der Waals surface area contributed by atoms with Crippen LogP contribution in [0.4, 0.5) is 4.39 Å². The summed E-state index contributed by atoms with van der Waals surface area (Å²) >= 11 is 5.93. The number of nitrogens with zero attached hydrogens (tertiary/aromatic N) is 3. The minimum Gasteiger partial charge on any atom is -0.478 e. The maximum absolute atomic E-state index is 14.7. The van der Waals surface area contributed by atoms with E-state index in [4.69, 9.17) is 26.1 Å². The topological polar surface area (TPSA) is 76.8 Å². The fourth-order valence-electron chi connectivity index (χ4n) is 5.16. The molecule has 2 aliphatic heterocycles. The SMILES string of the molecule is Cn1c(CN2CC=C(c3cccc4c3OC(C)(c3ccc(Cl)cc3F)O4)CC2)nc2ccc(C(=O)O)cc21. The van der Waals surface area contributed by atoms with Crippen LogP contribution in [0.2, 0.25) is 5.02 Å². The molecule has 0 saturated carbocycles. The first kappa shape index (κ1) is 24.5. The number of benzene rings is 3. The molecule has 0 radical (unpaired) electrons. The van der Waals surface area contributed by atoms with E-state index in [-0.39, 0.29) is 11.1 Å². The fraction of sp³-hybridized carbons (Fsp3) is 0.241. The number of imidazole rings is 1. The van der Waals surface area contributed by atoms with Gasteiger partial charge in [-0.05, 0) is 54.5 Å². The van der Waals surface area contributed by atoms with E-state index in [0.29, 0.717) is 29.6 Å². The number of aryl methyl sites for hydroxylation is 1. The van der Waals surface area contributed by atoms with Gasteiger partial charge in [0.25, 0.3) is 5.79 Å². The Morgan fingerprint density at radius 3 is 2.76 bits per heavy atom. The number of carbonyl (C=O) groups is 1. The summed E-state index contributed by atoms with van der Waals surface area (Å²) in [6.07, 6.45) is 2.96. The third-order valence-electron chi connectivity index (χ3n) is 7.23. The van der Waals surface area contributed by atoms with Gasteiger partial charge in [-0.15, -0.1) is 0 Å². The molecule has 38 heavy (non-hydrogen) atoms. The van der Waals surface area contributed by atoms with Crippen LogP contribution in [0.15, 0.2) is 60.7 Å². The largest absolute Gasteiger partial charge is 0.478 e. The second-order valence-electron chi connectivity index (χ2n) is 9.72. The Hall–Kier alpha value is -3.88. The van der Waals surface area contributed by atoms with Crippen molar-refractivity contribution < 1.29 is 23.8 Å². The maximum Gasteiger partial charge on any atom is 0.335 e. The van der Waals surface area contributed by atoms with Crippen LogP contribution >= 0.6 is 11.6 Å². The molecule has 3 aromatic carbocycles. The molecule has 0 spiro atoms. The quantitative estimate of drug-likeness (QED) is 0.339. The Morgan fingerprint density at radius 2 is 2.03 bits per heavy atom. The zero-order chi connectivity index (χ0) is 26.6. The van der Waals surface area contributed by atoms with E-state index >= 15 is 0 Å². The summed E-state index contributed by atoms with van der Waals surface area (Å²) in [5.41, 5.74) is 4.17. The monoisotopic (exact) mass is 533 g/mol. The average molecular weight is 534 g/mol. The summed E-state index contributed by atoms with van der Waals surface area (Å²) in [5.74, 6) is -0.685. The molecule has 1 aromatic heterocycles. The number of ether oxygens (including phenoxy) is 2. The lowest BCUT2D eigenvalue weighted by Crippen LogP contribution is -2.32. The van der Waals surface area contributed by atoms with Crippen LogP contribution in [0, 0.1) is 5.82 Å². The van der Waals surface area contributed by atoms with Crippen LogP contribution < -0.4 is 9.47 Å². The normalized spacial score (nSPS) is 19.1. The van der Waals surface area contributed by atoms with E-state index in [2.05, 4.69) is 11.0 Å². The number of fused-ring (bicyclic) bond motifs is 2. The predicted octanol–water partition coefficient (Wildman–Crippen LogP) is 6.00. The van der Waals surface area contributed by atoms with Gasteiger partial charge in [0.05, 0.1) is 28.7 Å². The van der Waals surface area contributed by atoms with Crippen molar-refractivity contribution >= 4 is 34.2 Å². The van der Waals surface area contributed by atoms with Gasteiger partial charge in [0.1, 0.15) is 11.6 Å². The van der Waals surface area contributed by atoms with Crippen molar-refractivity contribution in [3.8, 4) is 11.5 Å². The van der Waals surface area contributed by atoms with E-state index in [1.807, 2.05) is 29.8 Å². The van der Waals surface area contributed by atoms with Gasteiger partial charge in [-0.3, -0.25) is 4.90 Å². The van der Waals surface area contributed by atoms with Crippen LogP contribution in [-0.2, 0) is 19.4 Å². The van der Waals surface area contributed by atoms with Gasteiger partial charge in [-0.1, -0.05) is 29.8 Å². The molecule has 0 saturated heterocycles. The predicted molar refractivity (Wildman–Crippen MR) is 142 cm³/mol. The molecule has 6 rings (SSSR count). The third-order valence-corrected chi connectivity index (χ3v) is 7.46. The second kappa shape index (κ2) is 9.15. The maximum atomic E-state index is 14.7. The Morgan fingerprint density at radius 1 is 1.18 bits per heavy atom. The van der Waals surface area contributed by atoms with Gasteiger partial charge >= 0.3 is 5.97 Å². The highest BCUT2D eigenvalue weighted by molar-refractivity contribution is 6.30. The lowest BCUT2D eigenvalue weighted by molar-refractivity contribution is -0.0708. The fourth-order valence-corrected chi connectivity index (χ4v) is 5.32. The summed E-state index contributed by atoms with van der Waals surface area (Å²) < 4.78 is 29.0. The van der Waals surface area contributed by atoms with Crippen molar-refractivity contribution in [1.29, 1.82) is 0 Å². The number of hydrogen-bond acceptors (Lipinski definition) is 5. The Labute approximate surface area is 223 Å². The summed E-state index contributed by atoms with van der Waals surface area (Å²) in [4.78, 5) is 18.4. The molecule has 1 N–H and O–H groups in total. The van der Waals surface area contributed by atoms with Crippen molar-refractivity contribution in [3.05, 3.63) is 94.0 Å². The Kier molecular flexibility index (Phi) is 5.89. The first-order valence-corrected chi connectivity index (χ1v) is 12.7. The summed E-state index contributed by atoms with van der Waals surface area (Å²) in [5, 5.41) is 9.62. The molecule has 0 fully saturated rings. The molecule has 0 bridgehead atoms. The summed E-state index contributed by atoms with van der Waals surface area (Å²) in [6.45, 7) is 3.86.